The molecule has 2 N–H and O–H groups in total. The summed E-state index contributed by atoms with van der Waals surface area (Å²) >= 11 is 0. The normalized spacial score (nSPS) is 9.83. The topological polar surface area (TPSA) is 99.4 Å². The minimum Gasteiger partial charge on any atom is -0.505 e. The van der Waals surface area contributed by atoms with Crippen molar-refractivity contribution in [2.75, 3.05) is 5.32 Å². The standard InChI is InChI=1S/C18H16N2O4/c1-12(21)14-7-8-15(24-11-13-5-3-2-4-6-13)17(18(14)23)20-16(22)9-10-19/h2-8,23H,9,11H2,1H3,(H,20,22). The Morgan fingerprint density at radius 1 is 1.21 bits per heavy atom. The fourth-order valence-electron chi connectivity index (χ4n) is 2.09. The average molecular weight is 324 g/mol. The van der Waals surface area contributed by atoms with E-state index in [1.165, 1.54) is 19.1 Å². The van der Waals surface area contributed by atoms with E-state index in [9.17, 15) is 14.7 Å². The molecule has 0 fully saturated rings. The van der Waals surface area contributed by atoms with Crippen LogP contribution < -0.4 is 10.1 Å². The van der Waals surface area contributed by atoms with Gasteiger partial charge in [0, 0.05) is 0 Å². The van der Waals surface area contributed by atoms with Gasteiger partial charge in [-0.2, -0.15) is 5.26 Å². The van der Waals surface area contributed by atoms with Crippen LogP contribution in [0.4, 0.5) is 5.69 Å². The van der Waals surface area contributed by atoms with Crippen molar-refractivity contribution in [3.63, 3.8) is 0 Å². The largest absolute Gasteiger partial charge is 0.505 e. The molecule has 0 spiro atoms. The van der Waals surface area contributed by atoms with Crippen LogP contribution in [0, 0.1) is 11.3 Å². The number of Topliss-reactive ketones (excluding diaryl/α,β-unsaturated/α-hetero) is 1. The lowest BCUT2D eigenvalue weighted by Crippen LogP contribution is -2.12. The molecule has 24 heavy (non-hydrogen) atoms. The number of nitriles is 1. The first-order valence-corrected chi connectivity index (χ1v) is 7.23. The molecule has 0 radical (unpaired) electrons. The summed E-state index contributed by atoms with van der Waals surface area (Å²) in [5.74, 6) is -1.11. The van der Waals surface area contributed by atoms with Crippen LogP contribution in [-0.4, -0.2) is 16.8 Å². The number of hydrogen-bond acceptors (Lipinski definition) is 5. The fraction of sp³-hybridized carbons (Fsp3) is 0.167. The molecule has 0 aliphatic heterocycles. The first-order valence-electron chi connectivity index (χ1n) is 7.23. The second kappa shape index (κ2) is 7.79. The first-order chi connectivity index (χ1) is 11.5. The number of nitrogens with zero attached hydrogens (tertiary/aromatic N) is 1. The van der Waals surface area contributed by atoms with E-state index < -0.39 is 5.91 Å². The number of phenolic OH excluding ortho intramolecular Hbond substituents is 1. The second-order valence-corrected chi connectivity index (χ2v) is 5.05. The van der Waals surface area contributed by atoms with Gasteiger partial charge in [0.25, 0.3) is 0 Å². The van der Waals surface area contributed by atoms with Gasteiger partial charge in [-0.05, 0) is 24.6 Å². The lowest BCUT2D eigenvalue weighted by molar-refractivity contribution is -0.115. The van der Waals surface area contributed by atoms with Crippen molar-refractivity contribution in [2.24, 2.45) is 0 Å². The lowest BCUT2D eigenvalue weighted by atomic mass is 10.1. The Morgan fingerprint density at radius 2 is 1.92 bits per heavy atom. The highest BCUT2D eigenvalue weighted by molar-refractivity contribution is 6.02. The van der Waals surface area contributed by atoms with E-state index >= 15 is 0 Å². The molecule has 0 aliphatic carbocycles. The Kier molecular flexibility index (Phi) is 5.53. The zero-order valence-electron chi connectivity index (χ0n) is 13.1. The van der Waals surface area contributed by atoms with Crippen molar-refractivity contribution < 1.29 is 19.4 Å². The summed E-state index contributed by atoms with van der Waals surface area (Å²) in [4.78, 5) is 23.2. The summed E-state index contributed by atoms with van der Waals surface area (Å²) in [6, 6.07) is 14.0. The Bertz CT molecular complexity index is 795. The van der Waals surface area contributed by atoms with Crippen molar-refractivity contribution in [1.82, 2.24) is 0 Å². The van der Waals surface area contributed by atoms with Crippen LogP contribution in [0.25, 0.3) is 0 Å². The number of anilines is 1. The number of hydrogen-bond donors (Lipinski definition) is 2. The molecule has 0 bridgehead atoms. The van der Waals surface area contributed by atoms with Crippen LogP contribution in [-0.2, 0) is 11.4 Å². The number of benzene rings is 2. The Labute approximate surface area is 139 Å². The summed E-state index contributed by atoms with van der Waals surface area (Å²) < 4.78 is 5.65. The zero-order chi connectivity index (χ0) is 17.5. The minimum absolute atomic E-state index is 0.0149. The smallest absolute Gasteiger partial charge is 0.238 e. The highest BCUT2D eigenvalue weighted by atomic mass is 16.5. The van der Waals surface area contributed by atoms with Gasteiger partial charge in [-0.1, -0.05) is 30.3 Å². The fourth-order valence-corrected chi connectivity index (χ4v) is 2.09. The molecule has 122 valence electrons. The maximum absolute atomic E-state index is 11.7. The molecule has 0 unspecified atom stereocenters. The van der Waals surface area contributed by atoms with E-state index in [1.807, 2.05) is 30.3 Å². The van der Waals surface area contributed by atoms with E-state index in [4.69, 9.17) is 10.00 Å². The number of phenols is 1. The summed E-state index contributed by atoms with van der Waals surface area (Å²) in [6.45, 7) is 1.53. The van der Waals surface area contributed by atoms with Gasteiger partial charge in [-0.25, -0.2) is 0 Å². The van der Waals surface area contributed by atoms with Crippen LogP contribution in [0.2, 0.25) is 0 Å². The summed E-state index contributed by atoms with van der Waals surface area (Å²) in [5, 5.41) is 21.3. The molecular weight excluding hydrogens is 308 g/mol. The molecule has 2 rings (SSSR count). The Hall–Kier alpha value is -3.33. The predicted molar refractivity (Wildman–Crippen MR) is 87.7 cm³/mol. The molecule has 6 nitrogen and oxygen atoms in total. The van der Waals surface area contributed by atoms with E-state index in [0.29, 0.717) is 0 Å². The SMILES string of the molecule is CC(=O)c1ccc(OCc2ccccc2)c(NC(=O)CC#N)c1O. The molecule has 0 aromatic heterocycles. The van der Waals surface area contributed by atoms with E-state index in [2.05, 4.69) is 5.32 Å². The van der Waals surface area contributed by atoms with Gasteiger partial charge in [0.2, 0.25) is 5.91 Å². The van der Waals surface area contributed by atoms with E-state index in [1.54, 1.807) is 6.07 Å². The number of carbonyl (C=O) groups excluding carboxylic acids is 2. The first kappa shape index (κ1) is 17.0. The van der Waals surface area contributed by atoms with Gasteiger partial charge in [0.1, 0.15) is 24.5 Å². The number of aromatic hydroxyl groups is 1. The highest BCUT2D eigenvalue weighted by Gasteiger charge is 2.18. The van der Waals surface area contributed by atoms with Gasteiger partial charge in [0.05, 0.1) is 11.6 Å². The second-order valence-electron chi connectivity index (χ2n) is 5.05. The molecule has 2 aromatic carbocycles. The predicted octanol–water partition coefficient (Wildman–Crippen LogP) is 3.03. The monoisotopic (exact) mass is 324 g/mol. The highest BCUT2D eigenvalue weighted by Crippen LogP contribution is 2.37. The molecule has 1 amide bonds. The van der Waals surface area contributed by atoms with Crippen LogP contribution in [0.3, 0.4) is 0 Å². The van der Waals surface area contributed by atoms with Crippen molar-refractivity contribution in [1.29, 1.82) is 5.26 Å². The summed E-state index contributed by atoms with van der Waals surface area (Å²) in [5.41, 5.74) is 0.954. The number of nitrogens with one attached hydrogen (secondary N) is 1. The van der Waals surface area contributed by atoms with Crippen molar-refractivity contribution in [3.8, 4) is 17.6 Å². The number of rotatable bonds is 6. The maximum Gasteiger partial charge on any atom is 0.238 e. The van der Waals surface area contributed by atoms with Crippen molar-refractivity contribution in [2.45, 2.75) is 20.0 Å². The summed E-state index contributed by atoms with van der Waals surface area (Å²) in [7, 11) is 0. The molecule has 0 aliphatic rings. The Morgan fingerprint density at radius 3 is 2.54 bits per heavy atom. The lowest BCUT2D eigenvalue weighted by Gasteiger charge is -2.15. The zero-order valence-corrected chi connectivity index (χ0v) is 13.1. The van der Waals surface area contributed by atoms with Crippen molar-refractivity contribution >= 4 is 17.4 Å². The molecular formula is C18H16N2O4. The number of ether oxygens (including phenoxy) is 1. The average Bonchev–Trinajstić information content (AvgIpc) is 2.56. The van der Waals surface area contributed by atoms with Gasteiger partial charge in [0.15, 0.2) is 11.5 Å². The number of amides is 1. The van der Waals surface area contributed by atoms with Crippen LogP contribution in [0.1, 0.15) is 29.3 Å². The Balaban J connectivity index is 2.31. The number of ketones is 1. The third-order valence-corrected chi connectivity index (χ3v) is 3.26. The summed E-state index contributed by atoms with van der Waals surface area (Å²) in [6.07, 6.45) is -0.373. The molecule has 6 heteroatoms. The number of carbonyl (C=O) groups is 2. The van der Waals surface area contributed by atoms with Crippen molar-refractivity contribution in [3.05, 3.63) is 53.6 Å². The molecule has 0 heterocycles. The maximum atomic E-state index is 11.7. The van der Waals surface area contributed by atoms with Gasteiger partial charge >= 0.3 is 0 Å². The molecule has 0 atom stereocenters. The van der Waals surface area contributed by atoms with Gasteiger partial charge in [-0.15, -0.1) is 0 Å². The molecule has 0 saturated heterocycles. The van der Waals surface area contributed by atoms with Gasteiger partial charge < -0.3 is 15.2 Å². The third-order valence-electron chi connectivity index (χ3n) is 3.26. The van der Waals surface area contributed by atoms with Gasteiger partial charge in [-0.3, -0.25) is 9.59 Å². The van der Waals surface area contributed by atoms with Crippen LogP contribution in [0.15, 0.2) is 42.5 Å². The van der Waals surface area contributed by atoms with Crippen LogP contribution >= 0.6 is 0 Å². The minimum atomic E-state index is -0.599. The van der Waals surface area contributed by atoms with E-state index in [-0.39, 0.29) is 41.6 Å². The third kappa shape index (κ3) is 4.11. The molecule has 2 aromatic rings. The van der Waals surface area contributed by atoms with Crippen LogP contribution in [0.5, 0.6) is 11.5 Å². The molecule has 0 saturated carbocycles. The quantitative estimate of drug-likeness (QED) is 0.628. The van der Waals surface area contributed by atoms with E-state index in [0.717, 1.165) is 5.56 Å².